The Morgan fingerprint density at radius 3 is 2.22 bits per heavy atom. The van der Waals surface area contributed by atoms with Gasteiger partial charge in [-0.1, -0.05) is 105 Å². The Labute approximate surface area is 291 Å². The second kappa shape index (κ2) is 16.7. The van der Waals surface area contributed by atoms with E-state index in [2.05, 4.69) is 5.32 Å². The van der Waals surface area contributed by atoms with Gasteiger partial charge in [0.2, 0.25) is 11.8 Å². The van der Waals surface area contributed by atoms with E-state index < -0.39 is 28.5 Å². The fourth-order valence-corrected chi connectivity index (χ4v) is 7.92. The van der Waals surface area contributed by atoms with Crippen molar-refractivity contribution in [2.24, 2.45) is 0 Å². The maximum Gasteiger partial charge on any atom is 0.264 e. The molecule has 1 fully saturated rings. The summed E-state index contributed by atoms with van der Waals surface area (Å²) in [5.41, 5.74) is 3.81. The lowest BCUT2D eigenvalue weighted by Gasteiger charge is -2.35. The Kier molecular flexibility index (Phi) is 12.1. The highest BCUT2D eigenvalue weighted by molar-refractivity contribution is 7.92. The minimum atomic E-state index is -4.18. The number of aryl methyl sites for hydroxylation is 2. The molecule has 4 aromatic rings. The van der Waals surface area contributed by atoms with E-state index in [1.54, 1.807) is 48.4 Å². The fraction of sp³-hybridized carbons (Fsp3) is 0.350. The highest BCUT2D eigenvalue weighted by Gasteiger charge is 2.36. The molecule has 0 saturated heterocycles. The van der Waals surface area contributed by atoms with E-state index in [1.165, 1.54) is 4.31 Å². The Hall–Kier alpha value is -4.63. The first-order valence-electron chi connectivity index (χ1n) is 17.1. The molecule has 0 bridgehead atoms. The van der Waals surface area contributed by atoms with Crippen molar-refractivity contribution in [3.8, 4) is 5.75 Å². The Balaban J connectivity index is 1.59. The third-order valence-corrected chi connectivity index (χ3v) is 11.0. The SMILES string of the molecule is CCc1ccccc1N(CC(=O)N(Cc1cccc(OC)c1)C(Cc1ccccc1)C(=O)NC1CCCCC1)S(=O)(=O)c1ccc(C)cc1. The molecule has 1 unspecified atom stereocenters. The van der Waals surface area contributed by atoms with Crippen LogP contribution in [-0.4, -0.2) is 50.9 Å². The normalized spacial score (nSPS) is 14.1. The van der Waals surface area contributed by atoms with Crippen LogP contribution in [-0.2, 0) is 39.0 Å². The first-order chi connectivity index (χ1) is 23.7. The van der Waals surface area contributed by atoms with Crippen LogP contribution in [0.4, 0.5) is 5.69 Å². The van der Waals surface area contributed by atoms with Gasteiger partial charge in [0, 0.05) is 19.0 Å². The predicted molar refractivity (Wildman–Crippen MR) is 194 cm³/mol. The third-order valence-electron chi connectivity index (χ3n) is 9.24. The van der Waals surface area contributed by atoms with E-state index in [9.17, 15) is 18.0 Å². The summed E-state index contributed by atoms with van der Waals surface area (Å²) in [6, 6.07) is 30.1. The predicted octanol–water partition coefficient (Wildman–Crippen LogP) is 6.85. The van der Waals surface area contributed by atoms with Crippen LogP contribution < -0.4 is 14.4 Å². The largest absolute Gasteiger partial charge is 0.497 e. The lowest BCUT2D eigenvalue weighted by Crippen LogP contribution is -2.55. The van der Waals surface area contributed by atoms with Gasteiger partial charge in [-0.05, 0) is 73.2 Å². The van der Waals surface area contributed by atoms with E-state index in [-0.39, 0.29) is 29.8 Å². The summed E-state index contributed by atoms with van der Waals surface area (Å²) in [5, 5.41) is 3.26. The molecule has 0 heterocycles. The lowest BCUT2D eigenvalue weighted by molar-refractivity contribution is -0.140. The number of hydrogen-bond acceptors (Lipinski definition) is 5. The zero-order valence-corrected chi connectivity index (χ0v) is 29.5. The molecule has 8 nitrogen and oxygen atoms in total. The molecule has 1 N–H and O–H groups in total. The van der Waals surface area contributed by atoms with Crippen molar-refractivity contribution in [3.05, 3.63) is 125 Å². The molecule has 258 valence electrons. The molecule has 5 rings (SSSR count). The van der Waals surface area contributed by atoms with Gasteiger partial charge in [0.1, 0.15) is 18.3 Å². The Morgan fingerprint density at radius 2 is 1.53 bits per heavy atom. The maximum absolute atomic E-state index is 14.9. The molecule has 1 aliphatic carbocycles. The van der Waals surface area contributed by atoms with Crippen LogP contribution in [0.1, 0.15) is 61.3 Å². The number of anilines is 1. The van der Waals surface area contributed by atoms with Gasteiger partial charge in [-0.2, -0.15) is 0 Å². The van der Waals surface area contributed by atoms with Gasteiger partial charge in [0.25, 0.3) is 10.0 Å². The first kappa shape index (κ1) is 35.7. The Morgan fingerprint density at radius 1 is 0.857 bits per heavy atom. The van der Waals surface area contributed by atoms with Crippen LogP contribution in [0.25, 0.3) is 0 Å². The van der Waals surface area contributed by atoms with Crippen molar-refractivity contribution in [3.63, 3.8) is 0 Å². The van der Waals surface area contributed by atoms with E-state index >= 15 is 0 Å². The number of methoxy groups -OCH3 is 1. The van der Waals surface area contributed by atoms with Gasteiger partial charge in [0.05, 0.1) is 17.7 Å². The topological polar surface area (TPSA) is 96.0 Å². The van der Waals surface area contributed by atoms with E-state index in [0.717, 1.165) is 54.4 Å². The molecule has 1 aliphatic rings. The zero-order chi connectivity index (χ0) is 34.8. The molecule has 1 saturated carbocycles. The van der Waals surface area contributed by atoms with Crippen LogP contribution in [0.3, 0.4) is 0 Å². The number of sulfonamides is 1. The van der Waals surface area contributed by atoms with Crippen LogP contribution >= 0.6 is 0 Å². The van der Waals surface area contributed by atoms with Gasteiger partial charge in [-0.15, -0.1) is 0 Å². The lowest BCUT2D eigenvalue weighted by atomic mass is 9.94. The number of nitrogens with one attached hydrogen (secondary N) is 1. The van der Waals surface area contributed by atoms with Crippen LogP contribution in [0, 0.1) is 6.92 Å². The van der Waals surface area contributed by atoms with Crippen molar-refractivity contribution in [1.29, 1.82) is 0 Å². The van der Waals surface area contributed by atoms with Crippen LogP contribution in [0.2, 0.25) is 0 Å². The summed E-state index contributed by atoms with van der Waals surface area (Å²) in [6.45, 7) is 3.45. The summed E-state index contributed by atoms with van der Waals surface area (Å²) in [7, 11) is -2.60. The minimum Gasteiger partial charge on any atom is -0.497 e. The van der Waals surface area contributed by atoms with Crippen molar-refractivity contribution >= 4 is 27.5 Å². The molecule has 0 spiro atoms. The summed E-state index contributed by atoms with van der Waals surface area (Å²) >= 11 is 0. The molecule has 4 aromatic carbocycles. The fourth-order valence-electron chi connectivity index (χ4n) is 6.47. The van der Waals surface area contributed by atoms with Crippen molar-refractivity contribution in [2.75, 3.05) is 18.0 Å². The van der Waals surface area contributed by atoms with E-state index in [1.807, 2.05) is 80.6 Å². The van der Waals surface area contributed by atoms with Crippen molar-refractivity contribution in [2.45, 2.75) is 82.3 Å². The number of hydrogen-bond donors (Lipinski definition) is 1. The molecule has 9 heteroatoms. The van der Waals surface area contributed by atoms with Crippen molar-refractivity contribution < 1.29 is 22.7 Å². The number of amides is 2. The first-order valence-corrected chi connectivity index (χ1v) is 18.6. The summed E-state index contributed by atoms with van der Waals surface area (Å²) in [6.07, 6.45) is 5.86. The maximum atomic E-state index is 14.9. The monoisotopic (exact) mass is 681 g/mol. The highest BCUT2D eigenvalue weighted by Crippen LogP contribution is 2.29. The van der Waals surface area contributed by atoms with E-state index in [4.69, 9.17) is 4.74 Å². The molecule has 2 amide bonds. The molecule has 0 radical (unpaired) electrons. The van der Waals surface area contributed by atoms with Gasteiger partial charge >= 0.3 is 0 Å². The number of rotatable bonds is 14. The number of carbonyl (C=O) groups is 2. The van der Waals surface area contributed by atoms with Crippen LogP contribution in [0.15, 0.2) is 108 Å². The number of para-hydroxylation sites is 1. The molecule has 49 heavy (non-hydrogen) atoms. The van der Waals surface area contributed by atoms with Crippen molar-refractivity contribution in [1.82, 2.24) is 10.2 Å². The second-order valence-corrected chi connectivity index (χ2v) is 14.6. The summed E-state index contributed by atoms with van der Waals surface area (Å²) in [4.78, 5) is 30.8. The Bertz CT molecular complexity index is 1810. The smallest absolute Gasteiger partial charge is 0.264 e. The van der Waals surface area contributed by atoms with Gasteiger partial charge in [-0.25, -0.2) is 8.42 Å². The molecule has 1 atom stereocenters. The summed E-state index contributed by atoms with van der Waals surface area (Å²) in [5.74, 6) is -0.102. The van der Waals surface area contributed by atoms with E-state index in [0.29, 0.717) is 17.9 Å². The quantitative estimate of drug-likeness (QED) is 0.157. The average Bonchev–Trinajstić information content (AvgIpc) is 3.13. The standard InChI is InChI=1S/C40H47N3O5S/c1-4-33-17-11-12-21-37(33)43(49(46,47)36-24-22-30(2)23-25-36)29-39(44)42(28-32-16-13-20-35(26-32)48-3)38(27-31-14-7-5-8-15-31)40(45)41-34-18-9-6-10-19-34/h5,7-8,11-17,20-26,34,38H,4,6,9-10,18-19,27-29H2,1-3H3,(H,41,45). The zero-order valence-electron chi connectivity index (χ0n) is 28.7. The minimum absolute atomic E-state index is 0.0307. The molecule has 0 aromatic heterocycles. The number of carbonyl (C=O) groups excluding carboxylic acids is 2. The van der Waals surface area contributed by atoms with Gasteiger partial charge in [0.15, 0.2) is 0 Å². The molecular weight excluding hydrogens is 635 g/mol. The van der Waals surface area contributed by atoms with Gasteiger partial charge in [-0.3, -0.25) is 13.9 Å². The van der Waals surface area contributed by atoms with Gasteiger partial charge < -0.3 is 15.0 Å². The number of benzene rings is 4. The molecule has 0 aliphatic heterocycles. The second-order valence-electron chi connectivity index (χ2n) is 12.7. The number of nitrogens with zero attached hydrogens (tertiary/aromatic N) is 2. The third kappa shape index (κ3) is 9.09. The number of ether oxygens (including phenoxy) is 1. The highest BCUT2D eigenvalue weighted by atomic mass is 32.2. The average molecular weight is 682 g/mol. The summed E-state index contributed by atoms with van der Waals surface area (Å²) < 4.78 is 35.5. The van der Waals surface area contributed by atoms with Crippen LogP contribution in [0.5, 0.6) is 5.75 Å². The molecular formula is C40H47N3O5S.